The summed E-state index contributed by atoms with van der Waals surface area (Å²) in [6.45, 7) is 4.16. The van der Waals surface area contributed by atoms with Crippen molar-refractivity contribution < 1.29 is 4.42 Å². The Morgan fingerprint density at radius 3 is 2.90 bits per heavy atom. The van der Waals surface area contributed by atoms with Crippen LogP contribution < -0.4 is 0 Å². The lowest BCUT2D eigenvalue weighted by Crippen LogP contribution is -1.58. The smallest absolute Gasteiger partial charge is 0.187 e. The molecule has 2 heteroatoms. The molecule has 0 N–H and O–H groups in total. The summed E-state index contributed by atoms with van der Waals surface area (Å²) in [6.07, 6.45) is 1.81. The van der Waals surface area contributed by atoms with Crippen molar-refractivity contribution in [2.45, 2.75) is 13.8 Å². The van der Waals surface area contributed by atoms with Crippen LogP contribution in [0.1, 0.15) is 10.4 Å². The summed E-state index contributed by atoms with van der Waals surface area (Å²) in [6, 6.07) is 2.17. The van der Waals surface area contributed by atoms with Gasteiger partial charge in [0.15, 0.2) is 4.90 Å². The lowest BCUT2D eigenvalue weighted by Gasteiger charge is -1.75. The van der Waals surface area contributed by atoms with Crippen molar-refractivity contribution in [2.24, 2.45) is 0 Å². The predicted octanol–water partition coefficient (Wildman–Crippen LogP) is 3.11. The minimum Gasteiger partial charge on any atom is -0.453 e. The molecule has 2 aromatic heterocycles. The van der Waals surface area contributed by atoms with Gasteiger partial charge in [0.05, 0.1) is 6.26 Å². The largest absolute Gasteiger partial charge is 0.453 e. The van der Waals surface area contributed by atoms with Gasteiger partial charge in [-0.2, -0.15) is 0 Å². The monoisotopic (exact) mass is 152 g/mol. The predicted molar refractivity (Wildman–Crippen MR) is 43.6 cm³/mol. The summed E-state index contributed by atoms with van der Waals surface area (Å²) in [5.74, 6) is 0. The Labute approximate surface area is 63.3 Å². The summed E-state index contributed by atoms with van der Waals surface area (Å²) in [4.78, 5) is 2.37. The first-order chi connectivity index (χ1) is 4.77. The molecule has 0 atom stereocenters. The third kappa shape index (κ3) is 0.688. The van der Waals surface area contributed by atoms with E-state index in [9.17, 15) is 0 Å². The van der Waals surface area contributed by atoms with Crippen molar-refractivity contribution in [1.82, 2.24) is 0 Å². The van der Waals surface area contributed by atoms with Crippen LogP contribution in [0, 0.1) is 13.8 Å². The highest BCUT2D eigenvalue weighted by atomic mass is 32.1. The van der Waals surface area contributed by atoms with E-state index < -0.39 is 0 Å². The Kier molecular flexibility index (Phi) is 1.11. The zero-order chi connectivity index (χ0) is 7.14. The molecule has 0 unspecified atom stereocenters. The van der Waals surface area contributed by atoms with Crippen LogP contribution >= 0.6 is 11.3 Å². The van der Waals surface area contributed by atoms with Crippen LogP contribution in [0.4, 0.5) is 0 Å². The molecule has 1 nitrogen and oxygen atoms in total. The van der Waals surface area contributed by atoms with Crippen LogP contribution in [0.5, 0.6) is 0 Å². The second-order valence-corrected chi connectivity index (χ2v) is 3.70. The maximum absolute atomic E-state index is 5.29. The van der Waals surface area contributed by atoms with Crippen molar-refractivity contribution in [3.05, 3.63) is 22.8 Å². The van der Waals surface area contributed by atoms with Crippen molar-refractivity contribution in [3.63, 3.8) is 0 Å². The molecule has 0 saturated heterocycles. The maximum atomic E-state index is 5.29. The van der Waals surface area contributed by atoms with Crippen LogP contribution in [0.2, 0.25) is 0 Å². The van der Waals surface area contributed by atoms with E-state index >= 15 is 0 Å². The molecule has 0 aliphatic heterocycles. The molecule has 2 heterocycles. The molecule has 2 aromatic rings. The second kappa shape index (κ2) is 1.86. The molecular weight excluding hydrogens is 144 g/mol. The summed E-state index contributed by atoms with van der Waals surface area (Å²) in [5, 5.41) is 1.27. The van der Waals surface area contributed by atoms with Gasteiger partial charge in [-0.3, -0.25) is 0 Å². The Morgan fingerprint density at radius 2 is 2.20 bits per heavy atom. The highest BCUT2D eigenvalue weighted by Crippen LogP contribution is 2.28. The first kappa shape index (κ1) is 5.98. The number of furan rings is 1. The Hall–Kier alpha value is -0.760. The van der Waals surface area contributed by atoms with Crippen molar-refractivity contribution in [3.8, 4) is 0 Å². The Morgan fingerprint density at radius 1 is 1.40 bits per heavy atom. The molecule has 0 saturated carbocycles. The third-order valence-corrected chi connectivity index (χ3v) is 2.53. The van der Waals surface area contributed by atoms with Gasteiger partial charge in [-0.05, 0) is 25.5 Å². The minimum absolute atomic E-state index is 1.05. The SMILES string of the molecule is Cc1cc2c(C)coc2s1. The molecule has 0 amide bonds. The van der Waals surface area contributed by atoms with Gasteiger partial charge in [-0.25, -0.2) is 0 Å². The fraction of sp³-hybridized carbons (Fsp3) is 0.250. The van der Waals surface area contributed by atoms with E-state index in [1.54, 1.807) is 17.6 Å². The molecule has 52 valence electrons. The zero-order valence-corrected chi connectivity index (χ0v) is 6.79. The average molecular weight is 152 g/mol. The minimum atomic E-state index is 1.05. The quantitative estimate of drug-likeness (QED) is 0.565. The van der Waals surface area contributed by atoms with Gasteiger partial charge in [-0.1, -0.05) is 0 Å². The van der Waals surface area contributed by atoms with Crippen LogP contribution in [0.15, 0.2) is 16.7 Å². The lowest BCUT2D eigenvalue weighted by molar-refractivity contribution is 0.620. The fourth-order valence-corrected chi connectivity index (χ4v) is 1.96. The van der Waals surface area contributed by atoms with E-state index in [1.165, 1.54) is 15.8 Å². The molecule has 0 bridgehead atoms. The molecule has 10 heavy (non-hydrogen) atoms. The molecule has 0 fully saturated rings. The number of fused-ring (bicyclic) bond motifs is 1. The normalized spacial score (nSPS) is 11.0. The van der Waals surface area contributed by atoms with Crippen molar-refractivity contribution in [1.29, 1.82) is 0 Å². The number of thiophene rings is 1. The molecule has 2 rings (SSSR count). The summed E-state index contributed by atoms with van der Waals surface area (Å²) in [5.41, 5.74) is 1.24. The molecule has 0 spiro atoms. The molecule has 0 aliphatic carbocycles. The molecule has 0 radical (unpaired) electrons. The van der Waals surface area contributed by atoms with Crippen LogP contribution in [-0.4, -0.2) is 0 Å². The van der Waals surface area contributed by atoms with Gasteiger partial charge < -0.3 is 4.42 Å². The average Bonchev–Trinajstić information content (AvgIpc) is 2.35. The van der Waals surface area contributed by atoms with E-state index in [-0.39, 0.29) is 0 Å². The van der Waals surface area contributed by atoms with Gasteiger partial charge in [0.25, 0.3) is 0 Å². The Bertz CT molecular complexity index is 356. The number of rotatable bonds is 0. The highest BCUT2D eigenvalue weighted by molar-refractivity contribution is 7.18. The fourth-order valence-electron chi connectivity index (χ4n) is 1.06. The summed E-state index contributed by atoms with van der Waals surface area (Å²) in [7, 11) is 0. The Balaban J connectivity index is 2.90. The number of hydrogen-bond acceptors (Lipinski definition) is 2. The van der Waals surface area contributed by atoms with E-state index in [1.807, 2.05) is 0 Å². The second-order valence-electron chi connectivity index (χ2n) is 2.48. The lowest BCUT2D eigenvalue weighted by atomic mass is 10.3. The topological polar surface area (TPSA) is 13.1 Å². The van der Waals surface area contributed by atoms with Gasteiger partial charge in [-0.15, -0.1) is 11.3 Å². The number of hydrogen-bond donors (Lipinski definition) is 0. The highest BCUT2D eigenvalue weighted by Gasteiger charge is 2.03. The molecular formula is C8H8OS. The molecule has 0 aliphatic rings. The van der Waals surface area contributed by atoms with Crippen LogP contribution in [0.3, 0.4) is 0 Å². The third-order valence-electron chi connectivity index (χ3n) is 1.59. The van der Waals surface area contributed by atoms with E-state index in [2.05, 4.69) is 19.9 Å². The van der Waals surface area contributed by atoms with Crippen LogP contribution in [0.25, 0.3) is 10.3 Å². The summed E-state index contributed by atoms with van der Waals surface area (Å²) >= 11 is 1.71. The van der Waals surface area contributed by atoms with E-state index in [0.717, 1.165) is 4.90 Å². The van der Waals surface area contributed by atoms with Crippen molar-refractivity contribution >= 4 is 21.6 Å². The first-order valence-corrected chi connectivity index (χ1v) is 4.03. The van der Waals surface area contributed by atoms with E-state index in [4.69, 9.17) is 4.42 Å². The van der Waals surface area contributed by atoms with Gasteiger partial charge in [0.1, 0.15) is 0 Å². The number of aryl methyl sites for hydroxylation is 2. The molecule has 0 aromatic carbocycles. The van der Waals surface area contributed by atoms with Gasteiger partial charge in [0.2, 0.25) is 0 Å². The van der Waals surface area contributed by atoms with Crippen LogP contribution in [-0.2, 0) is 0 Å². The summed E-state index contributed by atoms with van der Waals surface area (Å²) < 4.78 is 5.29. The van der Waals surface area contributed by atoms with E-state index in [0.29, 0.717) is 0 Å². The van der Waals surface area contributed by atoms with Gasteiger partial charge >= 0.3 is 0 Å². The first-order valence-electron chi connectivity index (χ1n) is 3.21. The van der Waals surface area contributed by atoms with Crippen molar-refractivity contribution in [2.75, 3.05) is 0 Å². The van der Waals surface area contributed by atoms with Gasteiger partial charge in [0, 0.05) is 10.3 Å². The zero-order valence-electron chi connectivity index (χ0n) is 5.97. The maximum Gasteiger partial charge on any atom is 0.187 e. The standard InChI is InChI=1S/C8H8OS/c1-5-4-9-8-7(5)3-6(2)10-8/h3-4H,1-2H3.